The highest BCUT2D eigenvalue weighted by atomic mass is 16.5. The second kappa shape index (κ2) is 8.70. The van der Waals surface area contributed by atoms with Gasteiger partial charge in [0.15, 0.2) is 0 Å². The van der Waals surface area contributed by atoms with E-state index in [4.69, 9.17) is 4.74 Å². The number of hydrogen-bond donors (Lipinski definition) is 2. The molecule has 1 saturated carbocycles. The van der Waals surface area contributed by atoms with Crippen LogP contribution in [0, 0.1) is 0 Å². The molecule has 2 N–H and O–H groups in total. The second-order valence-electron chi connectivity index (χ2n) is 5.81. The summed E-state index contributed by atoms with van der Waals surface area (Å²) in [7, 11) is 0. The molecule has 120 valence electrons. The minimum atomic E-state index is -0.860. The zero-order chi connectivity index (χ0) is 15.7. The number of amides is 2. The van der Waals surface area contributed by atoms with Gasteiger partial charge in [-0.2, -0.15) is 0 Å². The predicted octanol–water partition coefficient (Wildman–Crippen LogP) is 2.91. The summed E-state index contributed by atoms with van der Waals surface area (Å²) in [6.07, 6.45) is 8.92. The van der Waals surface area contributed by atoms with Gasteiger partial charge in [0.2, 0.25) is 0 Å². The maximum Gasteiger partial charge on any atom is 0.332 e. The number of ether oxygens (including phenoxy) is 1. The number of carbonyl (C=O) groups excluding carboxylic acids is 2. The third-order valence-corrected chi connectivity index (χ3v) is 3.58. The molecule has 0 saturated heterocycles. The van der Waals surface area contributed by atoms with E-state index in [1.165, 1.54) is 0 Å². The van der Waals surface area contributed by atoms with Gasteiger partial charge in [0.1, 0.15) is 5.54 Å². The van der Waals surface area contributed by atoms with Crippen LogP contribution < -0.4 is 10.6 Å². The first-order valence-electron chi connectivity index (χ1n) is 7.92. The van der Waals surface area contributed by atoms with E-state index in [1.54, 1.807) is 0 Å². The number of rotatable bonds is 6. The highest BCUT2D eigenvalue weighted by Crippen LogP contribution is 2.29. The van der Waals surface area contributed by atoms with Crippen molar-refractivity contribution in [2.75, 3.05) is 6.54 Å². The Bertz CT molecular complexity index is 372. The van der Waals surface area contributed by atoms with Crippen LogP contribution in [0.3, 0.4) is 0 Å². The molecule has 2 amide bonds. The molecular formula is C16H28N2O3. The fraction of sp³-hybridized carbons (Fsp3) is 0.750. The van der Waals surface area contributed by atoms with Crippen molar-refractivity contribution in [2.24, 2.45) is 0 Å². The molecule has 5 nitrogen and oxygen atoms in total. The maximum absolute atomic E-state index is 12.4. The molecule has 0 radical (unpaired) electrons. The van der Waals surface area contributed by atoms with Gasteiger partial charge >= 0.3 is 12.0 Å². The van der Waals surface area contributed by atoms with E-state index in [9.17, 15) is 9.59 Å². The lowest BCUT2D eigenvalue weighted by atomic mass is 9.81. The Morgan fingerprint density at radius 1 is 1.19 bits per heavy atom. The van der Waals surface area contributed by atoms with Gasteiger partial charge < -0.3 is 15.4 Å². The van der Waals surface area contributed by atoms with Gasteiger partial charge in [0.05, 0.1) is 6.10 Å². The lowest BCUT2D eigenvalue weighted by molar-refractivity contribution is -0.156. The molecule has 0 spiro atoms. The van der Waals surface area contributed by atoms with Crippen molar-refractivity contribution < 1.29 is 14.3 Å². The van der Waals surface area contributed by atoms with Crippen LogP contribution >= 0.6 is 0 Å². The van der Waals surface area contributed by atoms with Crippen molar-refractivity contribution in [3.8, 4) is 0 Å². The highest BCUT2D eigenvalue weighted by molar-refractivity contribution is 5.87. The number of esters is 1. The average Bonchev–Trinajstić information content (AvgIpc) is 2.44. The molecule has 0 aromatic heterocycles. The zero-order valence-corrected chi connectivity index (χ0v) is 13.4. The summed E-state index contributed by atoms with van der Waals surface area (Å²) >= 11 is 0. The van der Waals surface area contributed by atoms with Crippen molar-refractivity contribution in [3.63, 3.8) is 0 Å². The Morgan fingerprint density at radius 3 is 2.43 bits per heavy atom. The van der Waals surface area contributed by atoms with Gasteiger partial charge in [0.25, 0.3) is 0 Å². The molecule has 0 unspecified atom stereocenters. The largest absolute Gasteiger partial charge is 0.461 e. The van der Waals surface area contributed by atoms with Crippen LogP contribution in [-0.4, -0.2) is 30.2 Å². The Morgan fingerprint density at radius 2 is 1.86 bits per heavy atom. The number of nitrogens with one attached hydrogen (secondary N) is 2. The van der Waals surface area contributed by atoms with Crippen molar-refractivity contribution in [1.82, 2.24) is 10.6 Å². The molecule has 0 heterocycles. The molecule has 1 aliphatic rings. The van der Waals surface area contributed by atoms with Gasteiger partial charge in [-0.05, 0) is 33.1 Å². The molecule has 1 fully saturated rings. The van der Waals surface area contributed by atoms with E-state index in [1.807, 2.05) is 32.9 Å². The van der Waals surface area contributed by atoms with E-state index in [2.05, 4.69) is 10.6 Å². The number of allylic oxidation sites excluding steroid dienone is 1. The Kier molecular flexibility index (Phi) is 7.26. The summed E-state index contributed by atoms with van der Waals surface area (Å²) in [6.45, 7) is 6.15. The first-order valence-corrected chi connectivity index (χ1v) is 7.92. The topological polar surface area (TPSA) is 67.4 Å². The van der Waals surface area contributed by atoms with Gasteiger partial charge in [-0.3, -0.25) is 0 Å². The third kappa shape index (κ3) is 5.78. The van der Waals surface area contributed by atoms with Crippen LogP contribution in [-0.2, 0) is 9.53 Å². The first-order chi connectivity index (χ1) is 10.00. The van der Waals surface area contributed by atoms with Crippen molar-refractivity contribution in [1.29, 1.82) is 0 Å². The molecule has 1 rings (SSSR count). The van der Waals surface area contributed by atoms with E-state index in [0.29, 0.717) is 19.4 Å². The Hall–Kier alpha value is -1.52. The minimum Gasteiger partial charge on any atom is -0.461 e. The number of urea groups is 1. The summed E-state index contributed by atoms with van der Waals surface area (Å²) in [6, 6.07) is -0.307. The predicted molar refractivity (Wildman–Crippen MR) is 83.0 cm³/mol. The van der Waals surface area contributed by atoms with E-state index < -0.39 is 5.54 Å². The number of hydrogen-bond acceptors (Lipinski definition) is 3. The second-order valence-corrected chi connectivity index (χ2v) is 5.81. The van der Waals surface area contributed by atoms with Gasteiger partial charge in [-0.15, -0.1) is 0 Å². The minimum absolute atomic E-state index is 0.173. The van der Waals surface area contributed by atoms with Gasteiger partial charge in [-0.1, -0.05) is 38.3 Å². The van der Waals surface area contributed by atoms with Crippen LogP contribution in [0.4, 0.5) is 4.79 Å². The molecule has 0 aromatic carbocycles. The van der Waals surface area contributed by atoms with E-state index in [-0.39, 0.29) is 18.1 Å². The van der Waals surface area contributed by atoms with E-state index >= 15 is 0 Å². The Balaban J connectivity index is 2.62. The Labute approximate surface area is 127 Å². The lowest BCUT2D eigenvalue weighted by Crippen LogP contribution is -2.59. The van der Waals surface area contributed by atoms with Gasteiger partial charge in [0, 0.05) is 6.54 Å². The molecule has 21 heavy (non-hydrogen) atoms. The smallest absolute Gasteiger partial charge is 0.332 e. The summed E-state index contributed by atoms with van der Waals surface area (Å²) < 4.78 is 5.34. The molecule has 0 bridgehead atoms. The van der Waals surface area contributed by atoms with Crippen molar-refractivity contribution in [2.45, 2.75) is 70.9 Å². The first kappa shape index (κ1) is 17.5. The van der Waals surface area contributed by atoms with Gasteiger partial charge in [-0.25, -0.2) is 9.59 Å². The van der Waals surface area contributed by atoms with Crippen LogP contribution in [0.1, 0.15) is 59.3 Å². The molecule has 5 heteroatoms. The molecule has 0 atom stereocenters. The normalized spacial score (nSPS) is 17.7. The third-order valence-electron chi connectivity index (χ3n) is 3.58. The monoisotopic (exact) mass is 296 g/mol. The molecule has 0 aromatic rings. The summed E-state index contributed by atoms with van der Waals surface area (Å²) in [5, 5.41) is 5.61. The molecule has 0 aliphatic heterocycles. The van der Waals surface area contributed by atoms with Crippen LogP contribution in [0.25, 0.3) is 0 Å². The number of carbonyl (C=O) groups is 2. The zero-order valence-electron chi connectivity index (χ0n) is 13.4. The average molecular weight is 296 g/mol. The molecule has 1 aliphatic carbocycles. The fourth-order valence-electron chi connectivity index (χ4n) is 2.53. The standard InChI is InChI=1S/C16H28N2O3/c1-4-5-9-12-17-15(20)18-16(10-7-6-8-11-16)14(19)21-13(2)3/h5,9,13H,4,6-8,10-12H2,1-3H3,(H2,17,18,20)/b9-5-. The van der Waals surface area contributed by atoms with E-state index in [0.717, 1.165) is 25.7 Å². The highest BCUT2D eigenvalue weighted by Gasteiger charge is 2.42. The summed E-state index contributed by atoms with van der Waals surface area (Å²) in [4.78, 5) is 24.4. The van der Waals surface area contributed by atoms with Crippen LogP contribution in [0.15, 0.2) is 12.2 Å². The van der Waals surface area contributed by atoms with Crippen molar-refractivity contribution >= 4 is 12.0 Å². The van der Waals surface area contributed by atoms with Crippen LogP contribution in [0.5, 0.6) is 0 Å². The SMILES string of the molecule is CC/C=C\CNC(=O)NC1(C(=O)OC(C)C)CCCCC1. The quantitative estimate of drug-likeness (QED) is 0.585. The van der Waals surface area contributed by atoms with Crippen molar-refractivity contribution in [3.05, 3.63) is 12.2 Å². The summed E-state index contributed by atoms with van der Waals surface area (Å²) in [5.74, 6) is -0.309. The lowest BCUT2D eigenvalue weighted by Gasteiger charge is -2.36. The molecular weight excluding hydrogens is 268 g/mol. The van der Waals surface area contributed by atoms with Crippen LogP contribution in [0.2, 0.25) is 0 Å². The fourth-order valence-corrected chi connectivity index (χ4v) is 2.53. The summed E-state index contributed by atoms with van der Waals surface area (Å²) in [5.41, 5.74) is -0.860. The maximum atomic E-state index is 12.4.